The summed E-state index contributed by atoms with van der Waals surface area (Å²) in [4.78, 5) is 76.3. The molecule has 0 spiro atoms. The van der Waals surface area contributed by atoms with E-state index in [0.717, 1.165) is 30.2 Å². The number of hydrogen-bond donors (Lipinski definition) is 3. The summed E-state index contributed by atoms with van der Waals surface area (Å²) in [5, 5.41) is 5.60. The Balaban J connectivity index is 1.20. The highest BCUT2D eigenvalue weighted by Gasteiger charge is 2.37. The number of ether oxygens (including phenoxy) is 3. The van der Waals surface area contributed by atoms with Gasteiger partial charge < -0.3 is 40.0 Å². The molecule has 1 atom stereocenters. The molecule has 6 amide bonds. The predicted molar refractivity (Wildman–Crippen MR) is 243 cm³/mol. The van der Waals surface area contributed by atoms with Crippen molar-refractivity contribution in [2.75, 3.05) is 70.7 Å². The van der Waals surface area contributed by atoms with Gasteiger partial charge in [0, 0.05) is 86.5 Å². The maximum atomic E-state index is 15.2. The number of carbonyl (C=O) groups excluding carboxylic acids is 6. The Bertz CT molecular complexity index is 2060. The topological polar surface area (TPSA) is 192 Å². The average molecular weight is 925 g/mol. The number of primary amides is 1. The third-order valence-corrected chi connectivity index (χ3v) is 11.2. The molecule has 1 aliphatic rings. The van der Waals surface area contributed by atoms with E-state index < -0.39 is 29.2 Å². The van der Waals surface area contributed by atoms with Crippen molar-refractivity contribution in [2.24, 2.45) is 11.1 Å². The second-order valence-electron chi connectivity index (χ2n) is 16.5. The Morgan fingerprint density at radius 3 is 2.12 bits per heavy atom. The lowest BCUT2D eigenvalue weighted by Crippen LogP contribution is -2.44. The van der Waals surface area contributed by atoms with Gasteiger partial charge in [0.25, 0.3) is 11.8 Å². The van der Waals surface area contributed by atoms with Gasteiger partial charge in [0.05, 0.1) is 44.8 Å². The highest BCUT2D eigenvalue weighted by Crippen LogP contribution is 2.41. The first-order chi connectivity index (χ1) is 31.1. The van der Waals surface area contributed by atoms with E-state index in [-0.39, 0.29) is 67.0 Å². The fourth-order valence-electron chi connectivity index (χ4n) is 7.23. The Morgan fingerprint density at radius 2 is 1.48 bits per heavy atom. The molecule has 2 heterocycles. The van der Waals surface area contributed by atoms with Crippen LogP contribution in [-0.2, 0) is 44.7 Å². The van der Waals surface area contributed by atoms with Crippen molar-refractivity contribution < 1.29 is 51.8 Å². The van der Waals surface area contributed by atoms with E-state index in [9.17, 15) is 33.2 Å². The molecule has 3 aromatic rings. The number of aromatic nitrogens is 1. The number of imide groups is 1. The van der Waals surface area contributed by atoms with Crippen molar-refractivity contribution in [3.63, 3.8) is 0 Å². The largest absolute Gasteiger partial charge is 0.450 e. The summed E-state index contributed by atoms with van der Waals surface area (Å²) in [5.74, 6) is -1.84. The van der Waals surface area contributed by atoms with Crippen LogP contribution in [0.3, 0.4) is 0 Å². The maximum absolute atomic E-state index is 15.2. The molecular weight excluding hydrogens is 863 g/mol. The lowest BCUT2D eigenvalue weighted by atomic mass is 9.83. The van der Waals surface area contributed by atoms with Crippen LogP contribution in [0, 0.1) is 17.0 Å². The molecule has 4 rings (SSSR count). The number of amides is 6. The molecule has 0 fully saturated rings. The van der Waals surface area contributed by atoms with Crippen molar-refractivity contribution in [1.82, 2.24) is 25.0 Å². The Kier molecular flexibility index (Phi) is 21.6. The SMILES string of the molecule is CC(C)(C)[C@H](c1cc(-c2cc(F)ccc2F)cn1Cc1ccccc1)N(CCCOC(N)=O)C(=O)CSCCC(=O)NCCOCCOCCNC(=O)CCCCCN1C(=O)C=CC1=O. The Labute approximate surface area is 383 Å². The van der Waals surface area contributed by atoms with Crippen LogP contribution < -0.4 is 16.4 Å². The fourth-order valence-corrected chi connectivity index (χ4v) is 8.05. The van der Waals surface area contributed by atoms with E-state index in [1.165, 1.54) is 28.8 Å². The average Bonchev–Trinajstić information content (AvgIpc) is 3.81. The Hall–Kier alpha value is -5.59. The number of carbonyl (C=O) groups is 6. The summed E-state index contributed by atoms with van der Waals surface area (Å²) in [6.45, 7) is 8.78. The number of unbranched alkanes of at least 4 members (excludes halogenated alkanes) is 2. The van der Waals surface area contributed by atoms with Gasteiger partial charge in [-0.1, -0.05) is 57.5 Å². The van der Waals surface area contributed by atoms with Crippen LogP contribution in [0.2, 0.25) is 0 Å². The van der Waals surface area contributed by atoms with E-state index in [2.05, 4.69) is 10.6 Å². The minimum absolute atomic E-state index is 0.0110. The number of nitrogens with zero attached hydrogens (tertiary/aromatic N) is 3. The fraction of sp³-hybridized carbons (Fsp3) is 0.489. The zero-order valence-electron chi connectivity index (χ0n) is 37.5. The van der Waals surface area contributed by atoms with Crippen molar-refractivity contribution >= 4 is 47.4 Å². The van der Waals surface area contributed by atoms with E-state index in [4.69, 9.17) is 19.9 Å². The number of nitrogens with two attached hydrogens (primary N) is 1. The quantitative estimate of drug-likeness (QED) is 0.0570. The summed E-state index contributed by atoms with van der Waals surface area (Å²) in [6, 6.07) is 14.2. The normalized spacial score (nSPS) is 13.0. The molecule has 0 radical (unpaired) electrons. The van der Waals surface area contributed by atoms with Gasteiger partial charge in [-0.15, -0.1) is 0 Å². The van der Waals surface area contributed by atoms with Crippen LogP contribution >= 0.6 is 11.8 Å². The molecule has 0 saturated carbocycles. The lowest BCUT2D eigenvalue weighted by Gasteiger charge is -2.41. The molecule has 1 aromatic heterocycles. The van der Waals surface area contributed by atoms with E-state index in [0.29, 0.717) is 88.7 Å². The summed E-state index contributed by atoms with van der Waals surface area (Å²) in [7, 11) is 0. The molecule has 0 saturated heterocycles. The summed E-state index contributed by atoms with van der Waals surface area (Å²) < 4.78 is 47.5. The van der Waals surface area contributed by atoms with Crippen LogP contribution in [0.5, 0.6) is 0 Å². The number of benzene rings is 2. The second-order valence-corrected chi connectivity index (χ2v) is 17.6. The zero-order chi connectivity index (χ0) is 47.2. The van der Waals surface area contributed by atoms with Crippen molar-refractivity contribution in [1.29, 1.82) is 0 Å². The van der Waals surface area contributed by atoms with Crippen LogP contribution in [-0.4, -0.2) is 121 Å². The molecule has 2 aromatic carbocycles. The van der Waals surface area contributed by atoms with Gasteiger partial charge in [0.15, 0.2) is 0 Å². The van der Waals surface area contributed by atoms with Gasteiger partial charge in [-0.25, -0.2) is 13.6 Å². The molecule has 65 heavy (non-hydrogen) atoms. The number of hydrogen-bond acceptors (Lipinski definition) is 10. The van der Waals surface area contributed by atoms with Crippen molar-refractivity contribution in [3.8, 4) is 11.1 Å². The van der Waals surface area contributed by atoms with Crippen LogP contribution in [0.25, 0.3) is 11.1 Å². The smallest absolute Gasteiger partial charge is 0.404 e. The molecule has 15 nitrogen and oxygen atoms in total. The van der Waals surface area contributed by atoms with Crippen molar-refractivity contribution in [3.05, 3.63) is 95.8 Å². The number of halogens is 2. The molecule has 0 unspecified atom stereocenters. The monoisotopic (exact) mass is 924 g/mol. The molecule has 18 heteroatoms. The number of rotatable bonds is 29. The predicted octanol–water partition coefficient (Wildman–Crippen LogP) is 5.76. The van der Waals surface area contributed by atoms with E-state index >= 15 is 4.39 Å². The molecule has 1 aliphatic heterocycles. The van der Waals surface area contributed by atoms with E-state index in [1.54, 1.807) is 17.2 Å². The standard InChI is InChI=1S/C47H62F2N6O9S/c1-47(2,3)45(39-29-35(37-30-36(48)14-15-38(37)49)32-53(39)31-34-11-6-4-7-12-34)55(22-10-23-64-46(50)61)44(60)33-65-28-18-41(57)52-20-25-63-27-26-62-24-19-51-40(56)13-8-5-9-21-54-42(58)16-17-43(54)59/h4,6-7,11-12,14-17,29-30,32,45H,5,8-10,13,18-28,31,33H2,1-3H3,(H2,50,61)(H,51,56)(H,52,57)/t45-/m0/s1. The van der Waals surface area contributed by atoms with Gasteiger partial charge in [-0.05, 0) is 54.5 Å². The van der Waals surface area contributed by atoms with Crippen LogP contribution in [0.15, 0.2) is 72.9 Å². The molecule has 4 N–H and O–H groups in total. The van der Waals surface area contributed by atoms with Gasteiger partial charge in [0.1, 0.15) is 11.6 Å². The molecule has 0 bridgehead atoms. The second kappa shape index (κ2) is 27.0. The van der Waals surface area contributed by atoms with Crippen LogP contribution in [0.1, 0.15) is 76.6 Å². The minimum Gasteiger partial charge on any atom is -0.450 e. The minimum atomic E-state index is -0.924. The summed E-state index contributed by atoms with van der Waals surface area (Å²) >= 11 is 1.31. The summed E-state index contributed by atoms with van der Waals surface area (Å²) in [6.07, 6.45) is 6.18. The third-order valence-electron chi connectivity index (χ3n) is 10.3. The highest BCUT2D eigenvalue weighted by atomic mass is 32.2. The third kappa shape index (κ3) is 18.1. The van der Waals surface area contributed by atoms with Gasteiger partial charge in [0.2, 0.25) is 17.7 Å². The first-order valence-corrected chi connectivity index (χ1v) is 23.0. The Morgan fingerprint density at radius 1 is 0.815 bits per heavy atom. The van der Waals surface area contributed by atoms with E-state index in [1.807, 2.05) is 55.7 Å². The first-order valence-electron chi connectivity index (χ1n) is 21.8. The first kappa shape index (κ1) is 52.0. The number of nitrogens with one attached hydrogen (secondary N) is 2. The molecular formula is C47H62F2N6O9S. The van der Waals surface area contributed by atoms with Crippen molar-refractivity contribution in [2.45, 2.75) is 71.9 Å². The van der Waals surface area contributed by atoms with Gasteiger partial charge in [-0.2, -0.15) is 11.8 Å². The van der Waals surface area contributed by atoms with Gasteiger partial charge >= 0.3 is 6.09 Å². The number of thioether (sulfide) groups is 1. The zero-order valence-corrected chi connectivity index (χ0v) is 38.3. The lowest BCUT2D eigenvalue weighted by molar-refractivity contribution is -0.137. The summed E-state index contributed by atoms with van der Waals surface area (Å²) in [5.41, 5.74) is 6.87. The van der Waals surface area contributed by atoms with Crippen LogP contribution in [0.4, 0.5) is 13.6 Å². The maximum Gasteiger partial charge on any atom is 0.404 e. The van der Waals surface area contributed by atoms with Gasteiger partial charge in [-0.3, -0.25) is 28.9 Å². The molecule has 0 aliphatic carbocycles. The molecule has 354 valence electrons. The highest BCUT2D eigenvalue weighted by molar-refractivity contribution is 7.99.